The highest BCUT2D eigenvalue weighted by Gasteiger charge is 2.07. The van der Waals surface area contributed by atoms with Crippen LogP contribution in [0, 0.1) is 6.92 Å². The third-order valence-electron chi connectivity index (χ3n) is 1.96. The summed E-state index contributed by atoms with van der Waals surface area (Å²) in [4.78, 5) is 5.34. The number of rotatable bonds is 3. The molecule has 0 spiro atoms. The maximum atomic E-state index is 5.96. The van der Waals surface area contributed by atoms with Gasteiger partial charge in [-0.25, -0.2) is 4.98 Å². The molecule has 0 aliphatic heterocycles. The van der Waals surface area contributed by atoms with Gasteiger partial charge in [-0.15, -0.1) is 0 Å². The largest absolute Gasteiger partial charge is 0.326 e. The summed E-state index contributed by atoms with van der Waals surface area (Å²) in [7, 11) is 0. The zero-order valence-corrected chi connectivity index (χ0v) is 11.0. The van der Waals surface area contributed by atoms with Crippen LogP contribution in [0.15, 0.2) is 27.4 Å². The molecule has 0 saturated carbocycles. The average Bonchev–Trinajstić information content (AvgIpc) is 2.64. The van der Waals surface area contributed by atoms with E-state index in [1.165, 1.54) is 11.5 Å². The molecule has 2 rings (SSSR count). The van der Waals surface area contributed by atoms with Crippen LogP contribution in [0.3, 0.4) is 0 Å². The first kappa shape index (κ1) is 11.9. The Kier molecular flexibility index (Phi) is 3.81. The van der Waals surface area contributed by atoms with Gasteiger partial charge in [0.25, 0.3) is 0 Å². The van der Waals surface area contributed by atoms with Gasteiger partial charge in [0.1, 0.15) is 5.82 Å². The van der Waals surface area contributed by atoms with E-state index in [9.17, 15) is 0 Å². The summed E-state index contributed by atoms with van der Waals surface area (Å²) in [5.41, 5.74) is 6.74. The Balaban J connectivity index is 2.29. The lowest BCUT2D eigenvalue weighted by Crippen LogP contribution is -1.97. The minimum absolute atomic E-state index is 0.497. The van der Waals surface area contributed by atoms with Crippen LogP contribution in [0.1, 0.15) is 11.4 Å². The molecule has 1 aromatic carbocycles. The van der Waals surface area contributed by atoms with Crippen molar-refractivity contribution >= 4 is 34.9 Å². The number of aryl methyl sites for hydroxylation is 1. The highest BCUT2D eigenvalue weighted by atomic mass is 35.5. The summed E-state index contributed by atoms with van der Waals surface area (Å²) >= 11 is 8.90. The molecular formula is C10H10ClN3S2. The van der Waals surface area contributed by atoms with Gasteiger partial charge in [-0.2, -0.15) is 4.37 Å². The van der Waals surface area contributed by atoms with E-state index in [-0.39, 0.29) is 0 Å². The quantitative estimate of drug-likeness (QED) is 0.932. The molecule has 0 atom stereocenters. The Morgan fingerprint density at radius 2 is 2.31 bits per heavy atom. The normalized spacial score (nSPS) is 10.7. The van der Waals surface area contributed by atoms with E-state index in [1.807, 2.05) is 25.1 Å². The van der Waals surface area contributed by atoms with Gasteiger partial charge in [0.05, 0.1) is 0 Å². The van der Waals surface area contributed by atoms with E-state index < -0.39 is 0 Å². The lowest BCUT2D eigenvalue weighted by molar-refractivity contribution is 1.02. The predicted molar refractivity (Wildman–Crippen MR) is 68.1 cm³/mol. The van der Waals surface area contributed by atoms with E-state index in [0.29, 0.717) is 11.6 Å². The number of hydrogen-bond acceptors (Lipinski definition) is 5. The third-order valence-corrected chi connectivity index (χ3v) is 4.13. The first-order valence-corrected chi connectivity index (χ1v) is 6.62. The van der Waals surface area contributed by atoms with E-state index in [1.54, 1.807) is 11.8 Å². The Bertz CT molecular complexity index is 499. The molecule has 0 fully saturated rings. The van der Waals surface area contributed by atoms with E-state index in [2.05, 4.69) is 9.36 Å². The molecule has 0 amide bonds. The highest BCUT2D eigenvalue weighted by Crippen LogP contribution is 2.33. The predicted octanol–water partition coefficient (Wildman–Crippen LogP) is 3.11. The molecule has 6 heteroatoms. The van der Waals surface area contributed by atoms with Crippen LogP contribution in [-0.4, -0.2) is 9.36 Å². The summed E-state index contributed by atoms with van der Waals surface area (Å²) in [5, 5.41) is 0.709. The van der Waals surface area contributed by atoms with Gasteiger partial charge in [-0.05, 0) is 36.2 Å². The molecule has 1 aromatic heterocycles. The van der Waals surface area contributed by atoms with Crippen LogP contribution < -0.4 is 5.73 Å². The second kappa shape index (κ2) is 5.14. The highest BCUT2D eigenvalue weighted by molar-refractivity contribution is 8.01. The zero-order valence-electron chi connectivity index (χ0n) is 8.61. The summed E-state index contributed by atoms with van der Waals surface area (Å²) in [6.07, 6.45) is 0. The first-order chi connectivity index (χ1) is 7.69. The standard InChI is InChI=1S/C10H10ClN3S2/c1-6-13-10(16-14-6)15-9-4-8(11)3-2-7(9)5-12/h2-4H,5,12H2,1H3. The number of nitrogens with two attached hydrogens (primary N) is 1. The fraction of sp³-hybridized carbons (Fsp3) is 0.200. The number of benzene rings is 1. The van der Waals surface area contributed by atoms with Gasteiger partial charge in [-0.3, -0.25) is 0 Å². The van der Waals surface area contributed by atoms with E-state index in [0.717, 1.165) is 20.6 Å². The lowest BCUT2D eigenvalue weighted by atomic mass is 10.2. The van der Waals surface area contributed by atoms with Crippen LogP contribution in [0.25, 0.3) is 0 Å². The van der Waals surface area contributed by atoms with E-state index >= 15 is 0 Å². The van der Waals surface area contributed by atoms with Crippen LogP contribution in [0.5, 0.6) is 0 Å². The first-order valence-electron chi connectivity index (χ1n) is 4.65. The molecule has 3 nitrogen and oxygen atoms in total. The Morgan fingerprint density at radius 3 is 2.94 bits per heavy atom. The molecule has 0 aliphatic rings. The molecule has 1 heterocycles. The molecule has 2 aromatic rings. The monoisotopic (exact) mass is 271 g/mol. The summed E-state index contributed by atoms with van der Waals surface area (Å²) < 4.78 is 5.05. The minimum atomic E-state index is 0.497. The van der Waals surface area contributed by atoms with Crippen molar-refractivity contribution in [3.05, 3.63) is 34.6 Å². The minimum Gasteiger partial charge on any atom is -0.326 e. The molecule has 0 bridgehead atoms. The topological polar surface area (TPSA) is 51.8 Å². The van der Waals surface area contributed by atoms with Crippen molar-refractivity contribution in [1.29, 1.82) is 0 Å². The van der Waals surface area contributed by atoms with Gasteiger partial charge in [-0.1, -0.05) is 29.4 Å². The van der Waals surface area contributed by atoms with Crippen molar-refractivity contribution < 1.29 is 0 Å². The number of halogens is 1. The summed E-state index contributed by atoms with van der Waals surface area (Å²) in [5.74, 6) is 0.795. The van der Waals surface area contributed by atoms with Crippen molar-refractivity contribution in [2.75, 3.05) is 0 Å². The van der Waals surface area contributed by atoms with Crippen LogP contribution in [0.4, 0.5) is 0 Å². The third kappa shape index (κ3) is 2.74. The zero-order chi connectivity index (χ0) is 11.5. The lowest BCUT2D eigenvalue weighted by Gasteiger charge is -2.05. The van der Waals surface area contributed by atoms with Crippen molar-refractivity contribution in [2.45, 2.75) is 22.7 Å². The molecular weight excluding hydrogens is 262 g/mol. The Morgan fingerprint density at radius 1 is 1.50 bits per heavy atom. The van der Waals surface area contributed by atoms with Gasteiger partial charge >= 0.3 is 0 Å². The van der Waals surface area contributed by atoms with Crippen molar-refractivity contribution in [3.8, 4) is 0 Å². The molecule has 0 radical (unpaired) electrons. The smallest absolute Gasteiger partial charge is 0.174 e. The second-order valence-electron chi connectivity index (χ2n) is 3.17. The molecule has 0 saturated heterocycles. The van der Waals surface area contributed by atoms with Gasteiger partial charge in [0.15, 0.2) is 4.34 Å². The molecule has 0 aliphatic carbocycles. The summed E-state index contributed by atoms with van der Waals surface area (Å²) in [6.45, 7) is 2.37. The van der Waals surface area contributed by atoms with Crippen molar-refractivity contribution in [1.82, 2.24) is 9.36 Å². The number of aromatic nitrogens is 2. The summed E-state index contributed by atoms with van der Waals surface area (Å²) in [6, 6.07) is 5.70. The van der Waals surface area contributed by atoms with Gasteiger partial charge in [0, 0.05) is 16.5 Å². The van der Waals surface area contributed by atoms with Gasteiger partial charge in [0.2, 0.25) is 0 Å². The van der Waals surface area contributed by atoms with Crippen LogP contribution in [0.2, 0.25) is 5.02 Å². The van der Waals surface area contributed by atoms with Crippen LogP contribution in [-0.2, 0) is 6.54 Å². The molecule has 0 unspecified atom stereocenters. The van der Waals surface area contributed by atoms with E-state index in [4.69, 9.17) is 17.3 Å². The number of hydrogen-bond donors (Lipinski definition) is 1. The van der Waals surface area contributed by atoms with Crippen LogP contribution >= 0.6 is 34.9 Å². The Hall–Kier alpha value is -0.620. The average molecular weight is 272 g/mol. The fourth-order valence-corrected chi connectivity index (χ4v) is 3.23. The molecule has 2 N–H and O–H groups in total. The SMILES string of the molecule is Cc1nsc(Sc2cc(Cl)ccc2CN)n1. The van der Waals surface area contributed by atoms with Gasteiger partial charge < -0.3 is 5.73 Å². The van der Waals surface area contributed by atoms with Crippen molar-refractivity contribution in [3.63, 3.8) is 0 Å². The maximum absolute atomic E-state index is 5.96. The van der Waals surface area contributed by atoms with Crippen molar-refractivity contribution in [2.24, 2.45) is 5.73 Å². The Labute approximate surface area is 107 Å². The maximum Gasteiger partial charge on any atom is 0.174 e. The number of nitrogens with zero attached hydrogens (tertiary/aromatic N) is 2. The second-order valence-corrected chi connectivity index (χ2v) is 5.64. The molecule has 16 heavy (non-hydrogen) atoms. The molecule has 84 valence electrons. The fourth-order valence-electron chi connectivity index (χ4n) is 1.21.